The predicted molar refractivity (Wildman–Crippen MR) is 47.9 cm³/mol. The van der Waals surface area contributed by atoms with E-state index in [2.05, 4.69) is 0 Å². The fourth-order valence-corrected chi connectivity index (χ4v) is 0.686. The topological polar surface area (TPSA) is 43.8 Å². The van der Waals surface area contributed by atoms with E-state index in [0.717, 1.165) is 0 Å². The summed E-state index contributed by atoms with van der Waals surface area (Å²) in [5.41, 5.74) is -1.36. The van der Waals surface area contributed by atoms with Gasteiger partial charge in [0.1, 0.15) is 0 Å². The normalized spacial score (nSPS) is 16.7. The Morgan fingerprint density at radius 1 is 1.33 bits per heavy atom. The molecular formula is C8H18N2O2. The van der Waals surface area contributed by atoms with Crippen LogP contribution in [0.15, 0.2) is 0 Å². The van der Waals surface area contributed by atoms with Gasteiger partial charge in [-0.25, -0.2) is 0 Å². The van der Waals surface area contributed by atoms with E-state index in [4.69, 9.17) is 0 Å². The first-order chi connectivity index (χ1) is 5.28. The second kappa shape index (κ2) is 3.98. The number of nitrogens with zero attached hydrogens (tertiary/aromatic N) is 2. The number of likely N-dealkylation sites (N-methyl/N-ethyl adjacent to an activating group) is 2. The molecule has 0 aromatic heterocycles. The van der Waals surface area contributed by atoms with Crippen LogP contribution in [0.4, 0.5) is 0 Å². The lowest BCUT2D eigenvalue weighted by Gasteiger charge is -2.30. The van der Waals surface area contributed by atoms with Crippen molar-refractivity contribution in [3.8, 4) is 0 Å². The maximum Gasteiger partial charge on any atom is 0.193 e. The minimum absolute atomic E-state index is 0.197. The van der Waals surface area contributed by atoms with E-state index in [-0.39, 0.29) is 12.3 Å². The van der Waals surface area contributed by atoms with Crippen molar-refractivity contribution in [2.24, 2.45) is 0 Å². The van der Waals surface area contributed by atoms with Gasteiger partial charge in [0, 0.05) is 0 Å². The Labute approximate surface area is 73.8 Å². The molecule has 72 valence electrons. The van der Waals surface area contributed by atoms with Crippen molar-refractivity contribution in [3.05, 3.63) is 0 Å². The number of aliphatic hydroxyl groups is 1. The summed E-state index contributed by atoms with van der Waals surface area (Å²) >= 11 is 0. The van der Waals surface area contributed by atoms with E-state index >= 15 is 0 Å². The number of hydrogen-bond donors (Lipinski definition) is 1. The number of hydrogen-bond acceptors (Lipinski definition) is 4. The molecule has 0 saturated heterocycles. The maximum absolute atomic E-state index is 11.4. The third-order valence-corrected chi connectivity index (χ3v) is 1.86. The van der Waals surface area contributed by atoms with Crippen molar-refractivity contribution < 1.29 is 9.90 Å². The van der Waals surface area contributed by atoms with Gasteiger partial charge in [0.25, 0.3) is 0 Å². The number of carbonyl (C=O) groups is 1. The van der Waals surface area contributed by atoms with Gasteiger partial charge in [0.2, 0.25) is 0 Å². The molecule has 12 heavy (non-hydrogen) atoms. The van der Waals surface area contributed by atoms with Crippen LogP contribution in [0, 0.1) is 0 Å². The number of carbonyl (C=O) groups excluding carboxylic acids is 1. The average Bonchev–Trinajstić information content (AvgIpc) is 1.85. The summed E-state index contributed by atoms with van der Waals surface area (Å²) in [6.07, 6.45) is 0. The minimum Gasteiger partial charge on any atom is -0.369 e. The van der Waals surface area contributed by atoms with Crippen LogP contribution in [0.5, 0.6) is 0 Å². The van der Waals surface area contributed by atoms with Crippen molar-refractivity contribution in [2.75, 3.05) is 34.7 Å². The Kier molecular flexibility index (Phi) is 3.83. The lowest BCUT2D eigenvalue weighted by Crippen LogP contribution is -2.51. The van der Waals surface area contributed by atoms with Gasteiger partial charge in [-0.15, -0.1) is 0 Å². The second-order valence-electron chi connectivity index (χ2n) is 3.58. The van der Waals surface area contributed by atoms with Crippen molar-refractivity contribution in [1.29, 1.82) is 0 Å². The molecule has 0 heterocycles. The van der Waals surface area contributed by atoms with Gasteiger partial charge in [-0.05, 0) is 35.1 Å². The lowest BCUT2D eigenvalue weighted by atomic mass is 10.1. The molecule has 1 unspecified atom stereocenters. The molecule has 0 aromatic rings. The highest BCUT2D eigenvalue weighted by molar-refractivity contribution is 5.87. The summed E-state index contributed by atoms with van der Waals surface area (Å²) in [6.45, 7) is 1.75. The standard InChI is InChI=1S/C8H18N2O2/c1-8(12,10(4)5)7(11)6-9(2)3/h12H,6H2,1-5H3. The number of Topliss-reactive ketones (excluding diaryl/α,β-unsaturated/α-hetero) is 1. The van der Waals surface area contributed by atoms with E-state index in [0.29, 0.717) is 0 Å². The van der Waals surface area contributed by atoms with Gasteiger partial charge < -0.3 is 10.0 Å². The Balaban J connectivity index is 4.26. The van der Waals surface area contributed by atoms with Crippen LogP contribution in [0.3, 0.4) is 0 Å². The second-order valence-corrected chi connectivity index (χ2v) is 3.58. The molecule has 4 heteroatoms. The zero-order valence-electron chi connectivity index (χ0n) is 8.46. The minimum atomic E-state index is -1.36. The summed E-state index contributed by atoms with van der Waals surface area (Å²) in [6, 6.07) is 0. The highest BCUT2D eigenvalue weighted by atomic mass is 16.3. The molecule has 0 amide bonds. The highest BCUT2D eigenvalue weighted by Crippen LogP contribution is 2.07. The first-order valence-corrected chi connectivity index (χ1v) is 3.86. The molecule has 4 nitrogen and oxygen atoms in total. The fraction of sp³-hybridized carbons (Fsp3) is 0.875. The molecule has 0 saturated carbocycles. The molecule has 0 spiro atoms. The predicted octanol–water partition coefficient (Wildman–Crippen LogP) is -0.613. The monoisotopic (exact) mass is 174 g/mol. The molecule has 0 aliphatic heterocycles. The SMILES string of the molecule is CN(C)CC(=O)C(C)(O)N(C)C. The van der Waals surface area contributed by atoms with Gasteiger partial charge in [-0.2, -0.15) is 0 Å². The molecule has 0 aliphatic rings. The van der Waals surface area contributed by atoms with Crippen molar-refractivity contribution in [1.82, 2.24) is 9.80 Å². The van der Waals surface area contributed by atoms with Crippen LogP contribution < -0.4 is 0 Å². The lowest BCUT2D eigenvalue weighted by molar-refractivity contribution is -0.152. The van der Waals surface area contributed by atoms with Gasteiger partial charge >= 0.3 is 0 Å². The van der Waals surface area contributed by atoms with E-state index in [1.54, 1.807) is 33.1 Å². The van der Waals surface area contributed by atoms with E-state index in [9.17, 15) is 9.90 Å². The molecule has 1 N–H and O–H groups in total. The van der Waals surface area contributed by atoms with Crippen LogP contribution in [0.1, 0.15) is 6.92 Å². The summed E-state index contributed by atoms with van der Waals surface area (Å²) in [4.78, 5) is 14.6. The Hall–Kier alpha value is -0.450. The molecule has 0 radical (unpaired) electrons. The van der Waals surface area contributed by atoms with Gasteiger partial charge in [0.15, 0.2) is 11.5 Å². The number of rotatable bonds is 4. The first-order valence-electron chi connectivity index (χ1n) is 3.86. The third-order valence-electron chi connectivity index (χ3n) is 1.86. The molecule has 0 aliphatic carbocycles. The fourth-order valence-electron chi connectivity index (χ4n) is 0.686. The average molecular weight is 174 g/mol. The summed E-state index contributed by atoms with van der Waals surface area (Å²) in [5, 5.41) is 9.66. The van der Waals surface area contributed by atoms with Crippen LogP contribution in [-0.2, 0) is 4.79 Å². The van der Waals surface area contributed by atoms with Gasteiger partial charge in [0.05, 0.1) is 6.54 Å². The smallest absolute Gasteiger partial charge is 0.193 e. The van der Waals surface area contributed by atoms with Crippen molar-refractivity contribution in [3.63, 3.8) is 0 Å². The molecular weight excluding hydrogens is 156 g/mol. The summed E-state index contributed by atoms with van der Waals surface area (Å²) in [5.74, 6) is -0.197. The van der Waals surface area contributed by atoms with E-state index in [1.165, 1.54) is 11.8 Å². The molecule has 0 rings (SSSR count). The van der Waals surface area contributed by atoms with Crippen molar-refractivity contribution in [2.45, 2.75) is 12.6 Å². The van der Waals surface area contributed by atoms with Crippen LogP contribution in [0.2, 0.25) is 0 Å². The summed E-state index contributed by atoms with van der Waals surface area (Å²) in [7, 11) is 6.94. The molecule has 1 atom stereocenters. The molecule has 0 fully saturated rings. The highest BCUT2D eigenvalue weighted by Gasteiger charge is 2.32. The quantitative estimate of drug-likeness (QED) is 0.577. The third kappa shape index (κ3) is 2.89. The van der Waals surface area contributed by atoms with Crippen LogP contribution in [0.25, 0.3) is 0 Å². The zero-order chi connectivity index (χ0) is 9.94. The summed E-state index contributed by atoms with van der Waals surface area (Å²) < 4.78 is 0. The Bertz CT molecular complexity index is 164. The number of ketones is 1. The molecule has 0 aromatic carbocycles. The van der Waals surface area contributed by atoms with E-state index in [1.807, 2.05) is 0 Å². The van der Waals surface area contributed by atoms with Gasteiger partial charge in [-0.1, -0.05) is 0 Å². The zero-order valence-corrected chi connectivity index (χ0v) is 8.46. The van der Waals surface area contributed by atoms with Crippen LogP contribution >= 0.6 is 0 Å². The molecule has 0 bridgehead atoms. The largest absolute Gasteiger partial charge is 0.369 e. The first kappa shape index (κ1) is 11.6. The van der Waals surface area contributed by atoms with Crippen LogP contribution in [-0.4, -0.2) is 61.2 Å². The maximum atomic E-state index is 11.4. The van der Waals surface area contributed by atoms with Gasteiger partial charge in [-0.3, -0.25) is 9.69 Å². The van der Waals surface area contributed by atoms with E-state index < -0.39 is 5.72 Å². The Morgan fingerprint density at radius 3 is 2.00 bits per heavy atom. The Morgan fingerprint density at radius 2 is 1.75 bits per heavy atom. The van der Waals surface area contributed by atoms with Crippen molar-refractivity contribution >= 4 is 5.78 Å².